The summed E-state index contributed by atoms with van der Waals surface area (Å²) in [6.45, 7) is 1.20. The molecule has 5 heteroatoms. The molecule has 2 unspecified atom stereocenters. The fraction of sp³-hybridized carbons (Fsp3) is 0.263. The van der Waals surface area contributed by atoms with E-state index in [2.05, 4.69) is 39.1 Å². The van der Waals surface area contributed by atoms with Crippen LogP contribution in [0.4, 0.5) is 0 Å². The summed E-state index contributed by atoms with van der Waals surface area (Å²) < 4.78 is 1.05. The second-order valence-electron chi connectivity index (χ2n) is 6.19. The summed E-state index contributed by atoms with van der Waals surface area (Å²) in [6.07, 6.45) is 0.877. The molecule has 4 nitrogen and oxygen atoms in total. The Labute approximate surface area is 149 Å². The Kier molecular flexibility index (Phi) is 3.87. The lowest BCUT2D eigenvalue weighted by molar-refractivity contribution is -0.000476. The standard InChI is InChI=1S/C19H16BrN3O/c20-16-6-7-17-14(10-16)8-9-22-18(17)15(11-21)12-23(22)19(24)13-4-2-1-3-5-13/h1-7,10,15,18H,8-9,12H2. The van der Waals surface area contributed by atoms with Gasteiger partial charge >= 0.3 is 0 Å². The van der Waals surface area contributed by atoms with Crippen molar-refractivity contribution < 1.29 is 4.79 Å². The van der Waals surface area contributed by atoms with E-state index in [0.29, 0.717) is 12.1 Å². The summed E-state index contributed by atoms with van der Waals surface area (Å²) in [7, 11) is 0. The highest BCUT2D eigenvalue weighted by atomic mass is 79.9. The van der Waals surface area contributed by atoms with Crippen molar-refractivity contribution in [3.8, 4) is 6.07 Å². The fourth-order valence-electron chi connectivity index (χ4n) is 3.74. The number of fused-ring (bicyclic) bond motifs is 3. The van der Waals surface area contributed by atoms with E-state index in [1.807, 2.05) is 36.4 Å². The molecule has 24 heavy (non-hydrogen) atoms. The lowest BCUT2D eigenvalue weighted by Crippen LogP contribution is -2.45. The maximum absolute atomic E-state index is 12.9. The van der Waals surface area contributed by atoms with Crippen molar-refractivity contribution in [1.29, 1.82) is 5.26 Å². The van der Waals surface area contributed by atoms with Gasteiger partial charge in [0.05, 0.1) is 24.6 Å². The van der Waals surface area contributed by atoms with Crippen LogP contribution in [0, 0.1) is 17.2 Å². The Bertz CT molecular complexity index is 830. The number of halogens is 1. The Balaban J connectivity index is 1.71. The molecular weight excluding hydrogens is 366 g/mol. The predicted octanol–water partition coefficient (Wildman–Crippen LogP) is 3.56. The van der Waals surface area contributed by atoms with Crippen LogP contribution in [-0.2, 0) is 6.42 Å². The van der Waals surface area contributed by atoms with Gasteiger partial charge in [-0.15, -0.1) is 0 Å². The zero-order valence-corrected chi connectivity index (χ0v) is 14.6. The third-order valence-electron chi connectivity index (χ3n) is 4.84. The topological polar surface area (TPSA) is 47.3 Å². The minimum absolute atomic E-state index is 0.0288. The monoisotopic (exact) mass is 381 g/mol. The normalized spacial score (nSPS) is 22.6. The van der Waals surface area contributed by atoms with Crippen molar-refractivity contribution in [3.05, 3.63) is 69.7 Å². The van der Waals surface area contributed by atoms with Gasteiger partial charge in [0.2, 0.25) is 0 Å². The molecule has 2 aromatic rings. The third kappa shape index (κ3) is 2.43. The molecule has 0 aromatic heterocycles. The smallest absolute Gasteiger partial charge is 0.268 e. The van der Waals surface area contributed by atoms with Crippen LogP contribution in [0.15, 0.2) is 53.0 Å². The van der Waals surface area contributed by atoms with Gasteiger partial charge < -0.3 is 0 Å². The van der Waals surface area contributed by atoms with Crippen molar-refractivity contribution >= 4 is 21.8 Å². The summed E-state index contributed by atoms with van der Waals surface area (Å²) in [5.41, 5.74) is 3.09. The zero-order valence-electron chi connectivity index (χ0n) is 13.0. The molecular formula is C19H16BrN3O. The maximum atomic E-state index is 12.9. The minimum Gasteiger partial charge on any atom is -0.269 e. The number of hydrazine groups is 1. The molecule has 120 valence electrons. The average Bonchev–Trinajstić information content (AvgIpc) is 3.00. The second-order valence-corrected chi connectivity index (χ2v) is 7.11. The minimum atomic E-state index is -0.210. The van der Waals surface area contributed by atoms with Crippen LogP contribution < -0.4 is 0 Å². The number of carbonyl (C=O) groups is 1. The van der Waals surface area contributed by atoms with Crippen molar-refractivity contribution in [2.45, 2.75) is 12.5 Å². The molecule has 0 aliphatic carbocycles. The first-order valence-corrected chi connectivity index (χ1v) is 8.80. The number of benzene rings is 2. The van der Waals surface area contributed by atoms with Crippen LogP contribution in [0.3, 0.4) is 0 Å². The van der Waals surface area contributed by atoms with E-state index in [1.165, 1.54) is 11.1 Å². The highest BCUT2D eigenvalue weighted by Crippen LogP contribution is 2.42. The highest BCUT2D eigenvalue weighted by molar-refractivity contribution is 9.10. The summed E-state index contributed by atoms with van der Waals surface area (Å²) in [5, 5.41) is 13.5. The van der Waals surface area contributed by atoms with E-state index < -0.39 is 0 Å². The Hall–Kier alpha value is -2.16. The Morgan fingerprint density at radius 2 is 2.00 bits per heavy atom. The molecule has 0 spiro atoms. The van der Waals surface area contributed by atoms with Gasteiger partial charge in [-0.25, -0.2) is 5.01 Å². The van der Waals surface area contributed by atoms with Gasteiger partial charge in [-0.3, -0.25) is 9.80 Å². The van der Waals surface area contributed by atoms with Crippen LogP contribution in [-0.4, -0.2) is 29.0 Å². The van der Waals surface area contributed by atoms with Gasteiger partial charge in [-0.2, -0.15) is 5.26 Å². The number of hydrogen-bond acceptors (Lipinski definition) is 3. The number of nitrogens with zero attached hydrogens (tertiary/aromatic N) is 3. The van der Waals surface area contributed by atoms with Crippen molar-refractivity contribution in [2.24, 2.45) is 5.92 Å². The van der Waals surface area contributed by atoms with Crippen molar-refractivity contribution in [3.63, 3.8) is 0 Å². The number of amides is 1. The molecule has 0 N–H and O–H groups in total. The van der Waals surface area contributed by atoms with E-state index in [4.69, 9.17) is 0 Å². The van der Waals surface area contributed by atoms with Crippen LogP contribution in [0.2, 0.25) is 0 Å². The number of hydrogen-bond donors (Lipinski definition) is 0. The maximum Gasteiger partial charge on any atom is 0.268 e. The summed E-state index contributed by atoms with van der Waals surface area (Å²) in [5.74, 6) is -0.239. The summed E-state index contributed by atoms with van der Waals surface area (Å²) in [6, 6.07) is 17.9. The first-order valence-electron chi connectivity index (χ1n) is 8.00. The van der Waals surface area contributed by atoms with E-state index in [-0.39, 0.29) is 17.9 Å². The first-order chi connectivity index (χ1) is 11.7. The molecule has 1 saturated heterocycles. The quantitative estimate of drug-likeness (QED) is 0.758. The molecule has 1 amide bonds. The molecule has 2 aliphatic heterocycles. The molecule has 0 saturated carbocycles. The molecule has 2 aliphatic rings. The highest BCUT2D eigenvalue weighted by Gasteiger charge is 2.45. The average molecular weight is 382 g/mol. The molecule has 2 atom stereocenters. The van der Waals surface area contributed by atoms with Crippen LogP contribution in [0.25, 0.3) is 0 Å². The molecule has 0 radical (unpaired) electrons. The van der Waals surface area contributed by atoms with Crippen LogP contribution in [0.1, 0.15) is 27.5 Å². The molecule has 0 bridgehead atoms. The lowest BCUT2D eigenvalue weighted by atomic mass is 9.88. The Morgan fingerprint density at radius 1 is 1.21 bits per heavy atom. The zero-order chi connectivity index (χ0) is 16.7. The van der Waals surface area contributed by atoms with E-state index >= 15 is 0 Å². The number of rotatable bonds is 1. The van der Waals surface area contributed by atoms with Crippen molar-refractivity contribution in [2.75, 3.05) is 13.1 Å². The van der Waals surface area contributed by atoms with Crippen LogP contribution >= 0.6 is 15.9 Å². The van der Waals surface area contributed by atoms with E-state index in [9.17, 15) is 10.1 Å². The molecule has 1 fully saturated rings. The third-order valence-corrected chi connectivity index (χ3v) is 5.33. The number of carbonyl (C=O) groups excluding carboxylic acids is 1. The van der Waals surface area contributed by atoms with Crippen LogP contribution in [0.5, 0.6) is 0 Å². The summed E-state index contributed by atoms with van der Waals surface area (Å²) in [4.78, 5) is 12.9. The van der Waals surface area contributed by atoms with E-state index in [0.717, 1.165) is 17.4 Å². The van der Waals surface area contributed by atoms with Gasteiger partial charge in [0.1, 0.15) is 0 Å². The SMILES string of the molecule is N#CC1CN(C(=O)c2ccccc2)N2CCc3cc(Br)ccc3C12. The molecule has 2 aromatic carbocycles. The summed E-state index contributed by atoms with van der Waals surface area (Å²) >= 11 is 3.52. The van der Waals surface area contributed by atoms with E-state index in [1.54, 1.807) is 5.01 Å². The molecule has 4 rings (SSSR count). The second kappa shape index (κ2) is 6.04. The molecule has 2 heterocycles. The lowest BCUT2D eigenvalue weighted by Gasteiger charge is -2.37. The van der Waals surface area contributed by atoms with Gasteiger partial charge in [0, 0.05) is 16.6 Å². The first kappa shape index (κ1) is 15.4. The predicted molar refractivity (Wildman–Crippen MR) is 93.9 cm³/mol. The Morgan fingerprint density at radius 3 is 2.75 bits per heavy atom. The van der Waals surface area contributed by atoms with Gasteiger partial charge in [-0.1, -0.05) is 40.2 Å². The van der Waals surface area contributed by atoms with Gasteiger partial charge in [-0.05, 0) is 41.8 Å². The fourth-order valence-corrected chi connectivity index (χ4v) is 4.15. The van der Waals surface area contributed by atoms with Gasteiger partial charge in [0.15, 0.2) is 0 Å². The van der Waals surface area contributed by atoms with Crippen molar-refractivity contribution in [1.82, 2.24) is 10.0 Å². The number of nitriles is 1. The van der Waals surface area contributed by atoms with Gasteiger partial charge in [0.25, 0.3) is 5.91 Å². The largest absolute Gasteiger partial charge is 0.269 e.